The van der Waals surface area contributed by atoms with Crippen molar-refractivity contribution in [3.8, 4) is 5.75 Å². The van der Waals surface area contributed by atoms with E-state index in [1.165, 1.54) is 9.91 Å². The average Bonchev–Trinajstić information content (AvgIpc) is 2.87. The highest BCUT2D eigenvalue weighted by Crippen LogP contribution is 2.40. The van der Waals surface area contributed by atoms with Crippen molar-refractivity contribution in [2.24, 2.45) is 0 Å². The van der Waals surface area contributed by atoms with E-state index in [4.69, 9.17) is 0 Å². The number of hydrazine groups is 1. The van der Waals surface area contributed by atoms with Gasteiger partial charge < -0.3 is 5.11 Å². The first-order valence-electron chi connectivity index (χ1n) is 9.60. The van der Waals surface area contributed by atoms with Crippen molar-refractivity contribution in [2.75, 3.05) is 20.6 Å². The highest BCUT2D eigenvalue weighted by molar-refractivity contribution is 6.08. The Morgan fingerprint density at radius 1 is 1.11 bits per heavy atom. The van der Waals surface area contributed by atoms with Crippen LogP contribution in [0.15, 0.2) is 17.7 Å². The van der Waals surface area contributed by atoms with Crippen LogP contribution in [0.4, 0.5) is 4.79 Å². The van der Waals surface area contributed by atoms with Gasteiger partial charge in [0.25, 0.3) is 5.91 Å². The molecule has 1 aliphatic heterocycles. The molecule has 1 heterocycles. The van der Waals surface area contributed by atoms with Crippen molar-refractivity contribution < 1.29 is 14.7 Å². The van der Waals surface area contributed by atoms with Gasteiger partial charge in [-0.05, 0) is 41.0 Å². The molecule has 0 spiro atoms. The van der Waals surface area contributed by atoms with Crippen LogP contribution in [0, 0.1) is 0 Å². The van der Waals surface area contributed by atoms with Gasteiger partial charge >= 0.3 is 6.03 Å². The number of phenols is 1. The summed E-state index contributed by atoms with van der Waals surface area (Å²) in [4.78, 5) is 26.1. The summed E-state index contributed by atoms with van der Waals surface area (Å²) >= 11 is 0. The maximum atomic E-state index is 12.7. The number of urea groups is 1. The van der Waals surface area contributed by atoms with Crippen LogP contribution in [0.5, 0.6) is 5.75 Å². The Morgan fingerprint density at radius 2 is 1.61 bits per heavy atom. The van der Waals surface area contributed by atoms with Gasteiger partial charge in [-0.1, -0.05) is 41.5 Å². The first-order valence-corrected chi connectivity index (χ1v) is 9.60. The lowest BCUT2D eigenvalue weighted by Gasteiger charge is -2.28. The summed E-state index contributed by atoms with van der Waals surface area (Å²) < 4.78 is 0. The Bertz CT molecular complexity index is 776. The van der Waals surface area contributed by atoms with E-state index >= 15 is 0 Å². The van der Waals surface area contributed by atoms with Gasteiger partial charge in [-0.15, -0.1) is 0 Å². The van der Waals surface area contributed by atoms with Gasteiger partial charge in [0.05, 0.1) is 0 Å². The molecule has 3 amide bonds. The molecule has 6 nitrogen and oxygen atoms in total. The zero-order valence-corrected chi connectivity index (χ0v) is 18.3. The number of benzene rings is 1. The third-order valence-electron chi connectivity index (χ3n) is 4.78. The van der Waals surface area contributed by atoms with Gasteiger partial charge in [0.15, 0.2) is 0 Å². The predicted octanol–water partition coefficient (Wildman–Crippen LogP) is 3.79. The molecule has 0 bridgehead atoms. The van der Waals surface area contributed by atoms with Crippen LogP contribution in [0.3, 0.4) is 0 Å². The van der Waals surface area contributed by atoms with Crippen LogP contribution >= 0.6 is 0 Å². The number of amides is 3. The summed E-state index contributed by atoms with van der Waals surface area (Å²) in [6.45, 7) is 12.7. The van der Waals surface area contributed by atoms with Crippen LogP contribution in [0.2, 0.25) is 0 Å². The maximum Gasteiger partial charge on any atom is 0.338 e. The third kappa shape index (κ3) is 4.73. The molecule has 0 atom stereocenters. The van der Waals surface area contributed by atoms with Gasteiger partial charge in [0.1, 0.15) is 5.75 Å². The van der Waals surface area contributed by atoms with E-state index in [1.807, 2.05) is 18.2 Å². The highest BCUT2D eigenvalue weighted by atomic mass is 16.3. The molecule has 28 heavy (non-hydrogen) atoms. The molecule has 1 fully saturated rings. The van der Waals surface area contributed by atoms with Crippen LogP contribution in [0.25, 0.3) is 6.08 Å². The monoisotopic (exact) mass is 387 g/mol. The molecular weight excluding hydrogens is 354 g/mol. The molecule has 6 heteroatoms. The average molecular weight is 388 g/mol. The molecule has 0 aliphatic carbocycles. The normalized spacial score (nSPS) is 17.0. The Morgan fingerprint density at radius 3 is 2.04 bits per heavy atom. The molecule has 1 aromatic rings. The van der Waals surface area contributed by atoms with Crippen molar-refractivity contribution >= 4 is 18.0 Å². The Hall–Kier alpha value is -2.34. The molecule has 1 aliphatic rings. The van der Waals surface area contributed by atoms with Crippen LogP contribution in [-0.4, -0.2) is 47.6 Å². The van der Waals surface area contributed by atoms with Crippen LogP contribution in [-0.2, 0) is 15.6 Å². The molecule has 0 aromatic heterocycles. The molecule has 0 unspecified atom stereocenters. The standard InChI is InChI=1S/C22H33N3O3/c1-21(2,3)16-12-14(13-17(18(16)26)22(4,5)6)11-15-9-10-25(19(15)27)20(28)23-24(7)8/h11-13,26H,9-10H2,1-8H3,(H,23,28). The van der Waals surface area contributed by atoms with Gasteiger partial charge in [-0.3, -0.25) is 15.1 Å². The SMILES string of the molecule is CN(C)NC(=O)N1CCC(=Cc2cc(C(C)(C)C)c(O)c(C(C)(C)C)c2)C1=O. The first kappa shape index (κ1) is 22.0. The van der Waals surface area contributed by atoms with Gasteiger partial charge in [0, 0.05) is 37.3 Å². The minimum Gasteiger partial charge on any atom is -0.507 e. The van der Waals surface area contributed by atoms with Crippen LogP contribution in [0.1, 0.15) is 64.7 Å². The number of nitrogens with zero attached hydrogens (tertiary/aromatic N) is 2. The smallest absolute Gasteiger partial charge is 0.338 e. The number of carbonyl (C=O) groups is 2. The number of rotatable bonds is 2. The summed E-state index contributed by atoms with van der Waals surface area (Å²) in [5.41, 5.74) is 5.28. The van der Waals surface area contributed by atoms with Gasteiger partial charge in [0.2, 0.25) is 0 Å². The molecule has 154 valence electrons. The van der Waals surface area contributed by atoms with E-state index in [0.29, 0.717) is 24.3 Å². The summed E-state index contributed by atoms with van der Waals surface area (Å²) in [5.74, 6) is 0.0360. The molecule has 0 saturated carbocycles. The first-order chi connectivity index (χ1) is 12.7. The number of likely N-dealkylation sites (tertiary alicyclic amines) is 1. The third-order valence-corrected chi connectivity index (χ3v) is 4.78. The zero-order valence-electron chi connectivity index (χ0n) is 18.3. The minimum absolute atomic E-state index is 0.240. The largest absolute Gasteiger partial charge is 0.507 e. The van der Waals surface area contributed by atoms with E-state index in [0.717, 1.165) is 16.7 Å². The fourth-order valence-electron chi connectivity index (χ4n) is 3.28. The molecule has 2 rings (SSSR count). The summed E-state index contributed by atoms with van der Waals surface area (Å²) in [6.07, 6.45) is 2.35. The summed E-state index contributed by atoms with van der Waals surface area (Å²) in [5, 5.41) is 12.4. The Kier molecular flexibility index (Phi) is 5.95. The lowest BCUT2D eigenvalue weighted by molar-refractivity contribution is -0.122. The maximum absolute atomic E-state index is 12.7. The van der Waals surface area contributed by atoms with Gasteiger partial charge in [-0.2, -0.15) is 0 Å². The number of nitrogens with one attached hydrogen (secondary N) is 1. The van der Waals surface area contributed by atoms with E-state index in [1.54, 1.807) is 14.1 Å². The second-order valence-corrected chi connectivity index (χ2v) is 9.65. The van der Waals surface area contributed by atoms with Crippen molar-refractivity contribution in [1.29, 1.82) is 0 Å². The van der Waals surface area contributed by atoms with Crippen molar-refractivity contribution in [2.45, 2.75) is 58.8 Å². The number of hydrogen-bond donors (Lipinski definition) is 2. The molecule has 1 aromatic carbocycles. The number of hydrogen-bond acceptors (Lipinski definition) is 4. The van der Waals surface area contributed by atoms with Crippen molar-refractivity contribution in [3.63, 3.8) is 0 Å². The Balaban J connectivity index is 2.46. The highest BCUT2D eigenvalue weighted by Gasteiger charge is 2.32. The number of aromatic hydroxyl groups is 1. The topological polar surface area (TPSA) is 72.9 Å². The van der Waals surface area contributed by atoms with E-state index < -0.39 is 6.03 Å². The minimum atomic E-state index is -0.421. The van der Waals surface area contributed by atoms with E-state index in [2.05, 4.69) is 47.0 Å². The second kappa shape index (κ2) is 7.59. The van der Waals surface area contributed by atoms with Crippen LogP contribution < -0.4 is 5.43 Å². The number of imide groups is 1. The molecular formula is C22H33N3O3. The second-order valence-electron chi connectivity index (χ2n) is 9.65. The lowest BCUT2D eigenvalue weighted by atomic mass is 9.78. The quantitative estimate of drug-likeness (QED) is 0.598. The summed E-state index contributed by atoms with van der Waals surface area (Å²) in [7, 11) is 3.40. The fraction of sp³-hybridized carbons (Fsp3) is 0.545. The van der Waals surface area contributed by atoms with E-state index in [9.17, 15) is 14.7 Å². The molecule has 1 saturated heterocycles. The fourth-order valence-corrected chi connectivity index (χ4v) is 3.28. The number of phenolic OH excluding ortho intramolecular Hbond substituents is 1. The molecule has 2 N–H and O–H groups in total. The number of carbonyl (C=O) groups excluding carboxylic acids is 2. The molecule has 0 radical (unpaired) electrons. The van der Waals surface area contributed by atoms with Gasteiger partial charge in [-0.25, -0.2) is 9.80 Å². The van der Waals surface area contributed by atoms with Crippen molar-refractivity contribution in [1.82, 2.24) is 15.3 Å². The lowest BCUT2D eigenvalue weighted by Crippen LogP contribution is -2.46. The van der Waals surface area contributed by atoms with Crippen molar-refractivity contribution in [3.05, 3.63) is 34.4 Å². The Labute approximate surface area is 168 Å². The predicted molar refractivity (Wildman–Crippen MR) is 112 cm³/mol. The zero-order chi connectivity index (χ0) is 21.4. The summed E-state index contributed by atoms with van der Waals surface area (Å²) in [6, 6.07) is 3.45. The van der Waals surface area contributed by atoms with E-state index in [-0.39, 0.29) is 16.7 Å².